The number of fused-ring (bicyclic) bond motifs is 5. The summed E-state index contributed by atoms with van der Waals surface area (Å²) in [6.45, 7) is 20.9. The summed E-state index contributed by atoms with van der Waals surface area (Å²) >= 11 is 0. The van der Waals surface area contributed by atoms with Crippen molar-refractivity contribution in [3.05, 3.63) is 154 Å². The van der Waals surface area contributed by atoms with E-state index in [1.807, 2.05) is 0 Å². The molecule has 6 nitrogen and oxygen atoms in total. The molecule has 0 amide bonds. The average molecular weight is 831 g/mol. The van der Waals surface area contributed by atoms with Crippen LogP contribution >= 0.6 is 0 Å². The van der Waals surface area contributed by atoms with E-state index in [4.69, 9.17) is 28.4 Å². The lowest BCUT2D eigenvalue weighted by Crippen LogP contribution is -2.40. The fraction of sp³-hybridized carbons (Fsp3) is 0.357. The monoisotopic (exact) mass is 830 g/mol. The van der Waals surface area contributed by atoms with Crippen LogP contribution in [0.25, 0.3) is 22.9 Å². The zero-order valence-corrected chi connectivity index (χ0v) is 37.7. The Morgan fingerprint density at radius 2 is 0.629 bits per heavy atom. The minimum absolute atomic E-state index is 0.435. The zero-order valence-electron chi connectivity index (χ0n) is 37.7. The second-order valence-corrected chi connectivity index (χ2v) is 18.8. The summed E-state index contributed by atoms with van der Waals surface area (Å²) in [5.74, 6) is 6.90. The summed E-state index contributed by atoms with van der Waals surface area (Å²) in [6.07, 6.45) is 4.83. The summed E-state index contributed by atoms with van der Waals surface area (Å²) in [5.41, 5.74) is 3.32. The number of hydrogen-bond acceptors (Lipinski definition) is 6. The maximum absolute atomic E-state index is 6.83. The van der Waals surface area contributed by atoms with Gasteiger partial charge in [-0.25, -0.2) is 0 Å². The van der Waals surface area contributed by atoms with E-state index in [0.717, 1.165) is 78.0 Å². The Morgan fingerprint density at radius 3 is 0.871 bits per heavy atom. The van der Waals surface area contributed by atoms with Crippen molar-refractivity contribution < 1.29 is 28.4 Å². The Bertz CT molecular complexity index is 2280. The molecule has 62 heavy (non-hydrogen) atoms. The molecule has 0 atom stereocenters. The topological polar surface area (TPSA) is 55.4 Å². The van der Waals surface area contributed by atoms with Crippen molar-refractivity contribution in [2.45, 2.75) is 66.2 Å². The largest absolute Gasteiger partial charge is 0.493 e. The van der Waals surface area contributed by atoms with Crippen molar-refractivity contribution in [1.29, 1.82) is 0 Å². The first kappa shape index (κ1) is 42.8. The van der Waals surface area contributed by atoms with Crippen molar-refractivity contribution in [2.75, 3.05) is 39.6 Å². The molecule has 0 aromatic heterocycles. The molecule has 0 bridgehead atoms. The molecule has 0 spiro atoms. The van der Waals surface area contributed by atoms with Gasteiger partial charge in [0.25, 0.3) is 0 Å². The number of rotatable bonds is 16. The van der Waals surface area contributed by atoms with Crippen LogP contribution in [0.1, 0.15) is 77.6 Å². The minimum atomic E-state index is -0.590. The number of hydrogen-bond donors (Lipinski definition) is 0. The van der Waals surface area contributed by atoms with E-state index < -0.39 is 10.8 Å². The van der Waals surface area contributed by atoms with Gasteiger partial charge in [0.2, 0.25) is 0 Å². The Labute approximate surface area is 368 Å². The molecule has 0 radical (unpaired) electrons. The molecule has 2 aliphatic rings. The van der Waals surface area contributed by atoms with E-state index in [-0.39, 0.29) is 0 Å². The fourth-order valence-electron chi connectivity index (χ4n) is 8.37. The van der Waals surface area contributed by atoms with Gasteiger partial charge in [-0.2, -0.15) is 0 Å². The molecule has 2 heterocycles. The molecule has 0 unspecified atom stereocenters. The van der Waals surface area contributed by atoms with Gasteiger partial charge in [-0.15, -0.1) is 0 Å². The molecular formula is C56H62O6. The molecule has 2 aliphatic heterocycles. The van der Waals surface area contributed by atoms with Crippen LogP contribution in [0, 0.1) is 23.7 Å². The van der Waals surface area contributed by atoms with Crippen LogP contribution in [-0.4, -0.2) is 39.6 Å². The lowest BCUT2D eigenvalue weighted by atomic mass is 9.72. The van der Waals surface area contributed by atoms with Crippen LogP contribution in [0.2, 0.25) is 0 Å². The first-order chi connectivity index (χ1) is 29.9. The Morgan fingerprint density at radius 1 is 0.371 bits per heavy atom. The van der Waals surface area contributed by atoms with Crippen LogP contribution in [0.5, 0.6) is 34.5 Å². The van der Waals surface area contributed by atoms with Crippen molar-refractivity contribution >= 4 is 22.9 Å². The van der Waals surface area contributed by atoms with Gasteiger partial charge in [0.15, 0.2) is 0 Å². The standard InChI is InChI=1S/C56H62O6/c1-37(2)31-57-45-17-9-41(10-18-45)55(42-11-19-46(20-12-42)58-32-38(3)4)29-51-49-25-28-54-52(50(49)26-27-53(51)61-35-55)30-56(36-62-54,43-13-21-47(22-14-43)59-33-39(5)6)44-15-23-48(24-16-44)60-34-40(7)8/h9-30,37-40H,31-36H2,1-8H3. The maximum Gasteiger partial charge on any atom is 0.126 e. The third kappa shape index (κ3) is 9.02. The predicted octanol–water partition coefficient (Wildman–Crippen LogP) is 11.3. The van der Waals surface area contributed by atoms with Crippen molar-refractivity contribution in [1.82, 2.24) is 0 Å². The first-order valence-corrected chi connectivity index (χ1v) is 22.4. The molecule has 0 aliphatic carbocycles. The highest BCUT2D eigenvalue weighted by Gasteiger charge is 2.38. The van der Waals surface area contributed by atoms with Gasteiger partial charge >= 0.3 is 0 Å². The van der Waals surface area contributed by atoms with Crippen LogP contribution in [0.4, 0.5) is 0 Å². The molecule has 0 saturated heterocycles. The predicted molar refractivity (Wildman–Crippen MR) is 252 cm³/mol. The summed E-state index contributed by atoms with van der Waals surface area (Å²) in [6, 6.07) is 42.8. The average Bonchev–Trinajstić information content (AvgIpc) is 3.28. The van der Waals surface area contributed by atoms with Crippen LogP contribution in [0.15, 0.2) is 121 Å². The minimum Gasteiger partial charge on any atom is -0.493 e. The summed E-state index contributed by atoms with van der Waals surface area (Å²) in [4.78, 5) is 0. The van der Waals surface area contributed by atoms with Gasteiger partial charge in [-0.1, -0.05) is 116 Å². The van der Waals surface area contributed by atoms with Crippen molar-refractivity contribution in [3.63, 3.8) is 0 Å². The number of benzene rings is 6. The van der Waals surface area contributed by atoms with E-state index in [1.165, 1.54) is 0 Å². The van der Waals surface area contributed by atoms with Gasteiger partial charge in [0.1, 0.15) is 47.7 Å². The summed E-state index contributed by atoms with van der Waals surface area (Å²) < 4.78 is 38.2. The van der Waals surface area contributed by atoms with E-state index in [1.54, 1.807) is 0 Å². The van der Waals surface area contributed by atoms with Crippen molar-refractivity contribution in [3.8, 4) is 34.5 Å². The van der Waals surface area contributed by atoms with Crippen LogP contribution < -0.4 is 38.9 Å². The number of ether oxygens (including phenoxy) is 6. The summed E-state index contributed by atoms with van der Waals surface area (Å²) in [7, 11) is 0. The van der Waals surface area contributed by atoms with E-state index in [9.17, 15) is 0 Å². The lowest BCUT2D eigenvalue weighted by Gasteiger charge is -2.36. The van der Waals surface area contributed by atoms with E-state index in [2.05, 4.69) is 189 Å². The SMILES string of the molecule is CC(C)COc1ccc(C2(c3ccc(OCC(C)C)cc3)C=c3c(ccc4c5c(ccc34)OCC(c3ccc(OCC(C)C)cc3)(c3ccc(OCC(C)C)cc3)C=5)OC2)cc1. The molecule has 322 valence electrons. The third-order valence-electron chi connectivity index (χ3n) is 11.7. The molecule has 6 heteroatoms. The molecule has 0 fully saturated rings. The Balaban J connectivity index is 1.29. The quantitative estimate of drug-likeness (QED) is 0.0968. The highest BCUT2D eigenvalue weighted by molar-refractivity contribution is 5.90. The van der Waals surface area contributed by atoms with E-state index in [0.29, 0.717) is 63.3 Å². The van der Waals surface area contributed by atoms with Gasteiger partial charge < -0.3 is 28.4 Å². The molecule has 6 aromatic rings. The molecule has 6 aromatic carbocycles. The van der Waals surface area contributed by atoms with Gasteiger partial charge in [0, 0.05) is 10.4 Å². The van der Waals surface area contributed by atoms with Crippen LogP contribution in [0.3, 0.4) is 0 Å². The van der Waals surface area contributed by atoms with Gasteiger partial charge in [-0.3, -0.25) is 0 Å². The maximum atomic E-state index is 6.83. The zero-order chi connectivity index (χ0) is 43.4. The van der Waals surface area contributed by atoms with Crippen molar-refractivity contribution in [2.24, 2.45) is 23.7 Å². The van der Waals surface area contributed by atoms with Crippen LogP contribution in [-0.2, 0) is 10.8 Å². The van der Waals surface area contributed by atoms with E-state index >= 15 is 0 Å². The fourth-order valence-corrected chi connectivity index (χ4v) is 8.37. The van der Waals surface area contributed by atoms with Gasteiger partial charge in [-0.05, 0) is 129 Å². The second-order valence-electron chi connectivity index (χ2n) is 18.8. The molecule has 0 N–H and O–H groups in total. The second kappa shape index (κ2) is 18.2. The summed E-state index contributed by atoms with van der Waals surface area (Å²) in [5, 5.41) is 4.31. The smallest absolute Gasteiger partial charge is 0.126 e. The lowest BCUT2D eigenvalue weighted by molar-refractivity contribution is 0.262. The first-order valence-electron chi connectivity index (χ1n) is 22.4. The highest BCUT2D eigenvalue weighted by Crippen LogP contribution is 2.42. The highest BCUT2D eigenvalue weighted by atomic mass is 16.5. The molecule has 0 saturated carbocycles. The molecular weight excluding hydrogens is 769 g/mol. The van der Waals surface area contributed by atoms with Gasteiger partial charge in [0.05, 0.1) is 37.3 Å². The Hall–Kier alpha value is -5.88. The third-order valence-corrected chi connectivity index (χ3v) is 11.7. The normalized spacial score (nSPS) is 15.0. The Kier molecular flexibility index (Phi) is 12.6. The molecule has 8 rings (SSSR count).